The fourth-order valence-corrected chi connectivity index (χ4v) is 3.81. The van der Waals surface area contributed by atoms with Gasteiger partial charge in [0.15, 0.2) is 0 Å². The van der Waals surface area contributed by atoms with E-state index in [2.05, 4.69) is 10.3 Å². The predicted molar refractivity (Wildman–Crippen MR) is 119 cm³/mol. The molecule has 0 radical (unpaired) electrons. The third-order valence-corrected chi connectivity index (χ3v) is 5.33. The molecule has 1 unspecified atom stereocenters. The fraction of sp³-hybridized carbons (Fsp3) is 0.160. The van der Waals surface area contributed by atoms with E-state index < -0.39 is 0 Å². The molecule has 30 heavy (non-hydrogen) atoms. The third-order valence-electron chi connectivity index (χ3n) is 5.33. The number of carbonyl (C=O) groups excluding carboxylic acids is 1. The monoisotopic (exact) mass is 397 g/mol. The fourth-order valence-electron chi connectivity index (χ4n) is 3.81. The Balaban J connectivity index is 1.82. The number of amides is 1. The number of rotatable bonds is 5. The molecule has 0 saturated carbocycles. The van der Waals surface area contributed by atoms with E-state index in [1.807, 2.05) is 74.5 Å². The smallest absolute Gasteiger partial charge is 0.252 e. The van der Waals surface area contributed by atoms with Gasteiger partial charge in [-0.25, -0.2) is 4.98 Å². The zero-order valence-electron chi connectivity index (χ0n) is 17.0. The number of nitrogens with zero attached hydrogens (tertiary/aromatic N) is 1. The van der Waals surface area contributed by atoms with Crippen LogP contribution in [0.25, 0.3) is 22.2 Å². The molecule has 4 rings (SSSR count). The zero-order chi connectivity index (χ0) is 21.1. The molecule has 4 aromatic rings. The molecule has 0 aliphatic carbocycles. The van der Waals surface area contributed by atoms with Crippen LogP contribution in [-0.2, 0) is 0 Å². The summed E-state index contributed by atoms with van der Waals surface area (Å²) >= 11 is 0. The molecule has 0 bridgehead atoms. The van der Waals surface area contributed by atoms with Crippen LogP contribution in [0.2, 0.25) is 0 Å². The number of H-pyrrole nitrogens is 1. The van der Waals surface area contributed by atoms with Gasteiger partial charge < -0.3 is 10.3 Å². The lowest BCUT2D eigenvalue weighted by atomic mass is 9.96. The highest BCUT2D eigenvalue weighted by molar-refractivity contribution is 6.09. The highest BCUT2D eigenvalue weighted by Gasteiger charge is 2.21. The van der Waals surface area contributed by atoms with Gasteiger partial charge in [-0.1, -0.05) is 55.5 Å². The molecule has 2 N–H and O–H groups in total. The number of nitrogens with one attached hydrogen (secondary N) is 2. The van der Waals surface area contributed by atoms with Crippen molar-refractivity contribution in [3.63, 3.8) is 0 Å². The highest BCUT2D eigenvalue weighted by Crippen LogP contribution is 2.30. The van der Waals surface area contributed by atoms with Crippen molar-refractivity contribution >= 4 is 16.8 Å². The third kappa shape index (κ3) is 3.74. The summed E-state index contributed by atoms with van der Waals surface area (Å²) in [6, 6.07) is 20.7. The normalized spacial score (nSPS) is 11.9. The highest BCUT2D eigenvalue weighted by atomic mass is 16.1. The molecule has 5 heteroatoms. The number of carbonyl (C=O) groups is 1. The minimum atomic E-state index is -0.258. The molecule has 0 aliphatic heterocycles. The summed E-state index contributed by atoms with van der Waals surface area (Å²) < 4.78 is 0. The first-order chi connectivity index (χ1) is 14.6. The number of pyridine rings is 2. The van der Waals surface area contributed by atoms with Crippen LogP contribution in [0.1, 0.15) is 40.9 Å². The van der Waals surface area contributed by atoms with E-state index in [9.17, 15) is 9.59 Å². The van der Waals surface area contributed by atoms with E-state index in [0.29, 0.717) is 12.0 Å². The minimum Gasteiger partial charge on any atom is -0.345 e. The standard InChI is InChI=1S/C25H23N3O2/c1-3-20(18-13-14-26-22(29)15-18)28-25(30)23-16(2)24(17-9-5-4-6-10-17)27-21-12-8-7-11-19(21)23/h4-15,20H,3H2,1-2H3,(H,26,29)(H,28,30). The van der Waals surface area contributed by atoms with E-state index in [4.69, 9.17) is 4.98 Å². The number of benzene rings is 2. The lowest BCUT2D eigenvalue weighted by Gasteiger charge is -2.20. The van der Waals surface area contributed by atoms with Gasteiger partial charge in [0.2, 0.25) is 5.56 Å². The number of fused-ring (bicyclic) bond motifs is 1. The Hall–Kier alpha value is -3.73. The van der Waals surface area contributed by atoms with Crippen LogP contribution in [0.15, 0.2) is 77.7 Å². The molecule has 0 saturated heterocycles. The first-order valence-corrected chi connectivity index (χ1v) is 10.0. The molecular formula is C25H23N3O2. The molecule has 2 heterocycles. The molecule has 5 nitrogen and oxygen atoms in total. The number of para-hydroxylation sites is 1. The maximum absolute atomic E-state index is 13.5. The summed E-state index contributed by atoms with van der Waals surface area (Å²) in [7, 11) is 0. The second-order valence-electron chi connectivity index (χ2n) is 7.26. The van der Waals surface area contributed by atoms with Gasteiger partial charge in [-0.2, -0.15) is 0 Å². The van der Waals surface area contributed by atoms with Crippen LogP contribution in [0, 0.1) is 6.92 Å². The van der Waals surface area contributed by atoms with Gasteiger partial charge in [0.25, 0.3) is 5.91 Å². The van der Waals surface area contributed by atoms with Gasteiger partial charge in [-0.05, 0) is 36.6 Å². The van der Waals surface area contributed by atoms with E-state index in [-0.39, 0.29) is 17.5 Å². The molecule has 2 aromatic carbocycles. The van der Waals surface area contributed by atoms with Crippen molar-refractivity contribution in [3.05, 3.63) is 100.0 Å². The van der Waals surface area contributed by atoms with Crippen LogP contribution >= 0.6 is 0 Å². The van der Waals surface area contributed by atoms with Crippen molar-refractivity contribution in [2.45, 2.75) is 26.3 Å². The first kappa shape index (κ1) is 19.6. The Morgan fingerprint density at radius 3 is 2.53 bits per heavy atom. The van der Waals surface area contributed by atoms with Gasteiger partial charge in [0.1, 0.15) is 0 Å². The summed E-state index contributed by atoms with van der Waals surface area (Å²) in [6.07, 6.45) is 2.27. The lowest BCUT2D eigenvalue weighted by Crippen LogP contribution is -2.30. The van der Waals surface area contributed by atoms with E-state index in [1.54, 1.807) is 6.20 Å². The summed E-state index contributed by atoms with van der Waals surface area (Å²) in [5, 5.41) is 3.93. The molecule has 0 aliphatic rings. The average molecular weight is 397 g/mol. The number of hydrogen-bond donors (Lipinski definition) is 2. The minimum absolute atomic E-state index is 0.171. The van der Waals surface area contributed by atoms with E-state index in [0.717, 1.165) is 33.3 Å². The van der Waals surface area contributed by atoms with Gasteiger partial charge in [0, 0.05) is 23.2 Å². The van der Waals surface area contributed by atoms with Crippen LogP contribution < -0.4 is 10.9 Å². The zero-order valence-corrected chi connectivity index (χ0v) is 17.0. The molecule has 1 atom stereocenters. The second-order valence-corrected chi connectivity index (χ2v) is 7.26. The Kier molecular flexibility index (Phi) is 5.44. The Morgan fingerprint density at radius 2 is 1.80 bits per heavy atom. The van der Waals surface area contributed by atoms with Gasteiger partial charge >= 0.3 is 0 Å². The van der Waals surface area contributed by atoms with Gasteiger partial charge in [-0.3, -0.25) is 9.59 Å². The van der Waals surface area contributed by atoms with Crippen molar-refractivity contribution in [1.82, 2.24) is 15.3 Å². The van der Waals surface area contributed by atoms with Crippen molar-refractivity contribution in [1.29, 1.82) is 0 Å². The Labute approximate surface area is 174 Å². The number of aromatic amines is 1. The summed E-state index contributed by atoms with van der Waals surface area (Å²) in [5.74, 6) is -0.171. The Morgan fingerprint density at radius 1 is 1.07 bits per heavy atom. The number of hydrogen-bond acceptors (Lipinski definition) is 3. The molecule has 150 valence electrons. The van der Waals surface area contributed by atoms with Crippen LogP contribution in [-0.4, -0.2) is 15.9 Å². The second kappa shape index (κ2) is 8.33. The molecule has 0 fully saturated rings. The van der Waals surface area contributed by atoms with Crippen LogP contribution in [0.5, 0.6) is 0 Å². The largest absolute Gasteiger partial charge is 0.345 e. The maximum atomic E-state index is 13.5. The summed E-state index contributed by atoms with van der Waals surface area (Å²) in [5.41, 5.74) is 4.59. The van der Waals surface area contributed by atoms with Gasteiger partial charge in [0.05, 0.1) is 22.8 Å². The van der Waals surface area contributed by atoms with Crippen LogP contribution in [0.3, 0.4) is 0 Å². The lowest BCUT2D eigenvalue weighted by molar-refractivity contribution is 0.0936. The van der Waals surface area contributed by atoms with Crippen molar-refractivity contribution < 1.29 is 4.79 Å². The maximum Gasteiger partial charge on any atom is 0.252 e. The molecular weight excluding hydrogens is 374 g/mol. The van der Waals surface area contributed by atoms with E-state index in [1.165, 1.54) is 6.07 Å². The summed E-state index contributed by atoms with van der Waals surface area (Å²) in [6.45, 7) is 3.92. The Bertz CT molecular complexity index is 1260. The molecule has 2 aromatic heterocycles. The van der Waals surface area contributed by atoms with Crippen molar-refractivity contribution in [2.75, 3.05) is 0 Å². The number of aromatic nitrogens is 2. The van der Waals surface area contributed by atoms with Crippen molar-refractivity contribution in [3.8, 4) is 11.3 Å². The topological polar surface area (TPSA) is 74.8 Å². The molecule has 0 spiro atoms. The first-order valence-electron chi connectivity index (χ1n) is 10.0. The van der Waals surface area contributed by atoms with Gasteiger partial charge in [-0.15, -0.1) is 0 Å². The van der Waals surface area contributed by atoms with Crippen molar-refractivity contribution in [2.24, 2.45) is 0 Å². The predicted octanol–water partition coefficient (Wildman–Crippen LogP) is 4.78. The average Bonchev–Trinajstić information content (AvgIpc) is 2.77. The quantitative estimate of drug-likeness (QED) is 0.509. The summed E-state index contributed by atoms with van der Waals surface area (Å²) in [4.78, 5) is 32.6. The van der Waals surface area contributed by atoms with E-state index >= 15 is 0 Å². The van der Waals surface area contributed by atoms with Crippen LogP contribution in [0.4, 0.5) is 0 Å². The molecule has 1 amide bonds. The SMILES string of the molecule is CCC(NC(=O)c1c(C)c(-c2ccccc2)nc2ccccc12)c1cc[nH]c(=O)c1.